The summed E-state index contributed by atoms with van der Waals surface area (Å²) in [7, 11) is 0. The molecule has 0 aliphatic carbocycles. The van der Waals surface area contributed by atoms with Crippen LogP contribution in [0.2, 0.25) is 0 Å². The molecule has 0 aromatic carbocycles. The first kappa shape index (κ1) is 14.3. The van der Waals surface area contributed by atoms with Crippen LogP contribution in [0.5, 0.6) is 0 Å². The van der Waals surface area contributed by atoms with Gasteiger partial charge in [0.05, 0.1) is 0 Å². The van der Waals surface area contributed by atoms with Crippen molar-refractivity contribution in [1.29, 1.82) is 0 Å². The molecule has 0 saturated carbocycles. The molecule has 2 rings (SSSR count). The molecule has 0 bridgehead atoms. The van der Waals surface area contributed by atoms with Gasteiger partial charge in [0.25, 0.3) is 0 Å². The Kier molecular flexibility index (Phi) is 4.45. The smallest absolute Gasteiger partial charge is 0.312 e. The van der Waals surface area contributed by atoms with E-state index in [1.807, 2.05) is 0 Å². The molecule has 2 aliphatic rings. The van der Waals surface area contributed by atoms with Crippen molar-refractivity contribution in [2.75, 3.05) is 32.7 Å². The predicted molar refractivity (Wildman–Crippen MR) is 73.6 cm³/mol. The molecule has 5 nitrogen and oxygen atoms in total. The van der Waals surface area contributed by atoms with Crippen molar-refractivity contribution in [3.05, 3.63) is 0 Å². The first-order valence-corrected chi connectivity index (χ1v) is 7.31. The Morgan fingerprint density at radius 3 is 2.32 bits per heavy atom. The van der Waals surface area contributed by atoms with Crippen LogP contribution in [0.25, 0.3) is 0 Å². The maximum atomic E-state index is 12.4. The topological polar surface area (TPSA) is 52.7 Å². The molecule has 2 heterocycles. The van der Waals surface area contributed by atoms with E-state index in [0.29, 0.717) is 31.5 Å². The van der Waals surface area contributed by atoms with Crippen LogP contribution in [0.4, 0.5) is 0 Å². The average Bonchev–Trinajstić information content (AvgIpc) is 2.42. The van der Waals surface area contributed by atoms with Crippen LogP contribution in [0, 0.1) is 11.8 Å². The Bertz CT molecular complexity index is 353. The highest BCUT2D eigenvalue weighted by atomic mass is 16.2. The van der Waals surface area contributed by atoms with Gasteiger partial charge < -0.3 is 15.1 Å². The lowest BCUT2D eigenvalue weighted by Crippen LogP contribution is -2.56. The lowest BCUT2D eigenvalue weighted by molar-refractivity contribution is -0.155. The Morgan fingerprint density at radius 2 is 1.68 bits per heavy atom. The quantitative estimate of drug-likeness (QED) is 0.643. The SMILES string of the molecule is CC1CC(C)C(C)N(C(=O)C(=O)N2CCNCC2)C1. The first-order chi connectivity index (χ1) is 9.00. The number of hydrogen-bond donors (Lipinski definition) is 1. The number of rotatable bonds is 0. The summed E-state index contributed by atoms with van der Waals surface area (Å²) in [6.07, 6.45) is 1.13. The van der Waals surface area contributed by atoms with Gasteiger partial charge >= 0.3 is 11.8 Å². The zero-order valence-corrected chi connectivity index (χ0v) is 12.2. The lowest BCUT2D eigenvalue weighted by Gasteiger charge is -2.41. The highest BCUT2D eigenvalue weighted by molar-refractivity contribution is 6.35. The number of amides is 2. The van der Waals surface area contributed by atoms with Gasteiger partial charge in [-0.1, -0.05) is 13.8 Å². The molecule has 19 heavy (non-hydrogen) atoms. The van der Waals surface area contributed by atoms with Gasteiger partial charge in [0, 0.05) is 38.8 Å². The highest BCUT2D eigenvalue weighted by Gasteiger charge is 2.36. The summed E-state index contributed by atoms with van der Waals surface area (Å²) in [5.41, 5.74) is 0. The number of hydrogen-bond acceptors (Lipinski definition) is 3. The van der Waals surface area contributed by atoms with E-state index in [-0.39, 0.29) is 17.9 Å². The summed E-state index contributed by atoms with van der Waals surface area (Å²) in [6, 6.07) is 0.163. The van der Waals surface area contributed by atoms with Gasteiger partial charge in [0.1, 0.15) is 0 Å². The van der Waals surface area contributed by atoms with E-state index in [9.17, 15) is 9.59 Å². The molecule has 3 unspecified atom stereocenters. The van der Waals surface area contributed by atoms with Gasteiger partial charge in [0.15, 0.2) is 0 Å². The van der Waals surface area contributed by atoms with Crippen molar-refractivity contribution in [3.63, 3.8) is 0 Å². The van der Waals surface area contributed by atoms with Crippen LogP contribution in [0.1, 0.15) is 27.2 Å². The number of likely N-dealkylation sites (tertiary alicyclic amines) is 1. The molecule has 3 atom stereocenters. The van der Waals surface area contributed by atoms with Gasteiger partial charge in [-0.15, -0.1) is 0 Å². The van der Waals surface area contributed by atoms with E-state index >= 15 is 0 Å². The Hall–Kier alpha value is -1.10. The molecule has 1 N–H and O–H groups in total. The average molecular weight is 267 g/mol. The maximum absolute atomic E-state index is 12.4. The van der Waals surface area contributed by atoms with Crippen molar-refractivity contribution in [2.24, 2.45) is 11.8 Å². The van der Waals surface area contributed by atoms with Crippen molar-refractivity contribution < 1.29 is 9.59 Å². The van der Waals surface area contributed by atoms with Crippen LogP contribution in [-0.4, -0.2) is 60.4 Å². The molecule has 0 aromatic rings. The monoisotopic (exact) mass is 267 g/mol. The third kappa shape index (κ3) is 3.08. The summed E-state index contributed by atoms with van der Waals surface area (Å²) in [5, 5.41) is 3.19. The summed E-state index contributed by atoms with van der Waals surface area (Å²) >= 11 is 0. The van der Waals surface area contributed by atoms with E-state index in [2.05, 4.69) is 26.1 Å². The second-order valence-corrected chi connectivity index (χ2v) is 6.06. The molecule has 108 valence electrons. The van der Waals surface area contributed by atoms with E-state index in [0.717, 1.165) is 19.5 Å². The molecular formula is C14H25N3O2. The number of nitrogens with zero attached hydrogens (tertiary/aromatic N) is 2. The van der Waals surface area contributed by atoms with E-state index in [4.69, 9.17) is 0 Å². The fourth-order valence-corrected chi connectivity index (χ4v) is 3.11. The molecule has 0 radical (unpaired) electrons. The van der Waals surface area contributed by atoms with Crippen LogP contribution in [-0.2, 0) is 9.59 Å². The van der Waals surface area contributed by atoms with E-state index in [1.54, 1.807) is 9.80 Å². The lowest BCUT2D eigenvalue weighted by atomic mass is 9.86. The Balaban J connectivity index is 2.02. The largest absolute Gasteiger partial charge is 0.332 e. The third-order valence-corrected chi connectivity index (χ3v) is 4.45. The second kappa shape index (κ2) is 5.90. The summed E-state index contributed by atoms with van der Waals surface area (Å²) < 4.78 is 0. The van der Waals surface area contributed by atoms with Gasteiger partial charge in [-0.25, -0.2) is 0 Å². The second-order valence-electron chi connectivity index (χ2n) is 6.06. The van der Waals surface area contributed by atoms with Crippen LogP contribution in [0.3, 0.4) is 0 Å². The van der Waals surface area contributed by atoms with Crippen molar-refractivity contribution in [3.8, 4) is 0 Å². The number of piperazine rings is 1. The summed E-state index contributed by atoms with van der Waals surface area (Å²) in [6.45, 7) is 9.91. The van der Waals surface area contributed by atoms with E-state index < -0.39 is 0 Å². The third-order valence-electron chi connectivity index (χ3n) is 4.45. The number of piperidine rings is 1. The molecule has 2 fully saturated rings. The van der Waals surface area contributed by atoms with Crippen LogP contribution in [0.15, 0.2) is 0 Å². The molecule has 0 aromatic heterocycles. The fraction of sp³-hybridized carbons (Fsp3) is 0.857. The zero-order chi connectivity index (χ0) is 14.0. The van der Waals surface area contributed by atoms with Crippen molar-refractivity contribution in [1.82, 2.24) is 15.1 Å². The minimum atomic E-state index is -0.324. The van der Waals surface area contributed by atoms with E-state index in [1.165, 1.54) is 0 Å². The Labute approximate surface area is 115 Å². The number of nitrogens with one attached hydrogen (secondary N) is 1. The van der Waals surface area contributed by atoms with Gasteiger partial charge in [-0.3, -0.25) is 9.59 Å². The highest BCUT2D eigenvalue weighted by Crippen LogP contribution is 2.27. The first-order valence-electron chi connectivity index (χ1n) is 7.31. The van der Waals surface area contributed by atoms with Crippen molar-refractivity contribution >= 4 is 11.8 Å². The van der Waals surface area contributed by atoms with Gasteiger partial charge in [0.2, 0.25) is 0 Å². The summed E-state index contributed by atoms with van der Waals surface area (Å²) in [5.74, 6) is 0.303. The molecule has 2 amide bonds. The maximum Gasteiger partial charge on any atom is 0.312 e. The van der Waals surface area contributed by atoms with Crippen LogP contribution >= 0.6 is 0 Å². The van der Waals surface area contributed by atoms with Gasteiger partial charge in [-0.05, 0) is 25.2 Å². The minimum absolute atomic E-state index is 0.163. The molecule has 2 aliphatic heterocycles. The standard InChI is InChI=1S/C14H25N3O2/c1-10-8-11(2)12(3)17(9-10)14(19)13(18)16-6-4-15-5-7-16/h10-12,15H,4-9H2,1-3H3. The molecule has 5 heteroatoms. The zero-order valence-electron chi connectivity index (χ0n) is 12.2. The van der Waals surface area contributed by atoms with Crippen molar-refractivity contribution in [2.45, 2.75) is 33.2 Å². The van der Waals surface area contributed by atoms with Gasteiger partial charge in [-0.2, -0.15) is 0 Å². The summed E-state index contributed by atoms with van der Waals surface area (Å²) in [4.78, 5) is 28.1. The molecule has 2 saturated heterocycles. The van der Waals surface area contributed by atoms with Crippen LogP contribution < -0.4 is 5.32 Å². The predicted octanol–water partition coefficient (Wildman–Crippen LogP) is 0.311. The minimum Gasteiger partial charge on any atom is -0.332 e. The molecular weight excluding hydrogens is 242 g/mol. The normalized spacial score (nSPS) is 32.3. The number of carbonyl (C=O) groups is 2. The number of carbonyl (C=O) groups excluding carboxylic acids is 2. The Morgan fingerprint density at radius 1 is 1.05 bits per heavy atom. The fourth-order valence-electron chi connectivity index (χ4n) is 3.11. The molecule has 0 spiro atoms.